The molecule has 12 heteroatoms. The summed E-state index contributed by atoms with van der Waals surface area (Å²) in [5.41, 5.74) is 0.619. The van der Waals surface area contributed by atoms with E-state index in [-0.39, 0.29) is 23.8 Å². The molecule has 1 fully saturated rings. The maximum Gasteiger partial charge on any atom is 0.326 e. The molecule has 2 atom stereocenters. The van der Waals surface area contributed by atoms with E-state index in [1.807, 2.05) is 32.0 Å². The molecule has 0 aliphatic heterocycles. The molecule has 3 rings (SSSR count). The van der Waals surface area contributed by atoms with Crippen molar-refractivity contribution in [2.75, 3.05) is 55.5 Å². The number of ether oxygens (including phenoxy) is 2. The molecule has 0 spiro atoms. The fourth-order valence-corrected chi connectivity index (χ4v) is 4.32. The van der Waals surface area contributed by atoms with Gasteiger partial charge < -0.3 is 35.8 Å². The zero-order valence-corrected chi connectivity index (χ0v) is 23.5. The Morgan fingerprint density at radius 3 is 2.25 bits per heavy atom. The highest BCUT2D eigenvalue weighted by Crippen LogP contribution is 2.22. The maximum atomic E-state index is 12.0. The molecule has 1 aliphatic rings. The summed E-state index contributed by atoms with van der Waals surface area (Å²) < 4.78 is 11.1. The summed E-state index contributed by atoms with van der Waals surface area (Å²) in [5.74, 6) is -0.181. The average molecular weight is 558 g/mol. The largest absolute Gasteiger partial charge is 0.480 e. The summed E-state index contributed by atoms with van der Waals surface area (Å²) in [5, 5.41) is 22.0. The molecule has 5 N–H and O–H groups in total. The van der Waals surface area contributed by atoms with E-state index >= 15 is 0 Å². The predicted octanol–water partition coefficient (Wildman–Crippen LogP) is 3.40. The monoisotopic (exact) mass is 557 g/mol. The van der Waals surface area contributed by atoms with Crippen LogP contribution < -0.4 is 21.3 Å². The van der Waals surface area contributed by atoms with Gasteiger partial charge in [-0.1, -0.05) is 57.7 Å². The lowest BCUT2D eigenvalue weighted by molar-refractivity contribution is -0.139. The first-order valence-corrected chi connectivity index (χ1v) is 14.2. The van der Waals surface area contributed by atoms with E-state index in [1.165, 1.54) is 6.42 Å². The van der Waals surface area contributed by atoms with E-state index in [9.17, 15) is 14.7 Å². The van der Waals surface area contributed by atoms with Crippen molar-refractivity contribution in [2.45, 2.75) is 64.5 Å². The standard InChI is InChI=1S/C28H43N7O5/c1-3-20(2)23(25(37)38)32-28-34-26(33-27(35-28)31-22-12-8-5-9-13-22)30-15-17-40-19-18-39-16-14-29-24(36)21-10-6-4-7-11-21/h4,6-7,10-11,20,22-23H,3,5,8-9,12-19H2,1-2H3,(H,29,36)(H,37,38)(H3,30,31,32,33,34,35)/t20-,23-/m0/s1. The van der Waals surface area contributed by atoms with Crippen LogP contribution in [-0.2, 0) is 14.3 Å². The fraction of sp³-hybridized carbons (Fsp3) is 0.607. The van der Waals surface area contributed by atoms with Crippen molar-refractivity contribution in [3.63, 3.8) is 0 Å². The van der Waals surface area contributed by atoms with Crippen LogP contribution >= 0.6 is 0 Å². The van der Waals surface area contributed by atoms with Crippen molar-refractivity contribution in [3.8, 4) is 0 Å². The normalized spacial score (nSPS) is 15.2. The molecule has 1 aliphatic carbocycles. The molecule has 0 bridgehead atoms. The van der Waals surface area contributed by atoms with Gasteiger partial charge in [-0.25, -0.2) is 4.79 Å². The molecule has 1 heterocycles. The summed E-state index contributed by atoms with van der Waals surface area (Å²) in [7, 11) is 0. The summed E-state index contributed by atoms with van der Waals surface area (Å²) >= 11 is 0. The van der Waals surface area contributed by atoms with E-state index in [4.69, 9.17) is 9.47 Å². The topological polar surface area (TPSA) is 160 Å². The second-order valence-electron chi connectivity index (χ2n) is 9.90. The summed E-state index contributed by atoms with van der Waals surface area (Å²) in [6.07, 6.45) is 6.37. The third-order valence-corrected chi connectivity index (χ3v) is 6.81. The molecule has 1 aromatic carbocycles. The summed E-state index contributed by atoms with van der Waals surface area (Å²) in [6.45, 7) is 6.31. The van der Waals surface area contributed by atoms with Crippen LogP contribution in [0.2, 0.25) is 0 Å². The van der Waals surface area contributed by atoms with Gasteiger partial charge in [0.2, 0.25) is 17.8 Å². The van der Waals surface area contributed by atoms with Crippen molar-refractivity contribution >= 4 is 29.7 Å². The van der Waals surface area contributed by atoms with E-state index in [0.717, 1.165) is 25.7 Å². The van der Waals surface area contributed by atoms with Crippen LogP contribution in [0.5, 0.6) is 0 Å². The Hall–Kier alpha value is -3.51. The Morgan fingerprint density at radius 1 is 0.925 bits per heavy atom. The highest BCUT2D eigenvalue weighted by molar-refractivity contribution is 5.94. The van der Waals surface area contributed by atoms with Gasteiger partial charge in [-0.05, 0) is 30.9 Å². The van der Waals surface area contributed by atoms with E-state index in [1.54, 1.807) is 12.1 Å². The van der Waals surface area contributed by atoms with Crippen molar-refractivity contribution in [2.24, 2.45) is 5.92 Å². The first-order chi connectivity index (χ1) is 19.5. The van der Waals surface area contributed by atoms with Crippen LogP contribution in [0, 0.1) is 5.92 Å². The number of amides is 1. The van der Waals surface area contributed by atoms with Gasteiger partial charge in [-0.2, -0.15) is 15.0 Å². The fourth-order valence-electron chi connectivity index (χ4n) is 4.32. The van der Waals surface area contributed by atoms with Crippen molar-refractivity contribution < 1.29 is 24.2 Å². The molecule has 40 heavy (non-hydrogen) atoms. The summed E-state index contributed by atoms with van der Waals surface area (Å²) in [4.78, 5) is 37.2. The van der Waals surface area contributed by atoms with Crippen LogP contribution in [0.3, 0.4) is 0 Å². The minimum absolute atomic E-state index is 0.101. The lowest BCUT2D eigenvalue weighted by Crippen LogP contribution is -2.36. The number of benzene rings is 1. The van der Waals surface area contributed by atoms with Gasteiger partial charge in [0.15, 0.2) is 0 Å². The van der Waals surface area contributed by atoms with Crippen molar-refractivity contribution in [3.05, 3.63) is 35.9 Å². The van der Waals surface area contributed by atoms with Gasteiger partial charge in [0, 0.05) is 24.7 Å². The number of anilines is 3. The smallest absolute Gasteiger partial charge is 0.326 e. The van der Waals surface area contributed by atoms with Gasteiger partial charge in [0.05, 0.1) is 26.4 Å². The number of rotatable bonds is 18. The quantitative estimate of drug-likeness (QED) is 0.171. The number of carbonyl (C=O) groups excluding carboxylic acids is 1. The Balaban J connectivity index is 1.41. The van der Waals surface area contributed by atoms with Gasteiger partial charge in [0.25, 0.3) is 5.91 Å². The first-order valence-electron chi connectivity index (χ1n) is 14.2. The Kier molecular flexibility index (Phi) is 13.4. The lowest BCUT2D eigenvalue weighted by Gasteiger charge is -2.24. The van der Waals surface area contributed by atoms with E-state index in [0.29, 0.717) is 63.4 Å². The number of nitrogens with zero attached hydrogens (tertiary/aromatic N) is 3. The summed E-state index contributed by atoms with van der Waals surface area (Å²) in [6, 6.07) is 8.52. The number of nitrogens with one attached hydrogen (secondary N) is 4. The molecule has 220 valence electrons. The SMILES string of the molecule is CC[C@H](C)[C@H](Nc1nc(NCCOCCOCCNC(=O)c2ccccc2)nc(NC2CCCCC2)n1)C(=O)O. The predicted molar refractivity (Wildman–Crippen MR) is 154 cm³/mol. The third-order valence-electron chi connectivity index (χ3n) is 6.81. The number of carbonyl (C=O) groups is 2. The van der Waals surface area contributed by atoms with Crippen LogP contribution in [0.25, 0.3) is 0 Å². The van der Waals surface area contributed by atoms with Crippen LogP contribution in [-0.4, -0.2) is 83.5 Å². The Morgan fingerprint density at radius 2 is 1.57 bits per heavy atom. The highest BCUT2D eigenvalue weighted by Gasteiger charge is 2.25. The van der Waals surface area contributed by atoms with Crippen LogP contribution in [0.15, 0.2) is 30.3 Å². The molecule has 2 aromatic rings. The maximum absolute atomic E-state index is 12.0. The van der Waals surface area contributed by atoms with E-state index in [2.05, 4.69) is 36.2 Å². The average Bonchev–Trinajstić information content (AvgIpc) is 2.97. The molecule has 1 amide bonds. The van der Waals surface area contributed by atoms with Gasteiger partial charge in [0.1, 0.15) is 6.04 Å². The lowest BCUT2D eigenvalue weighted by atomic mass is 9.96. The molecule has 0 saturated heterocycles. The molecule has 12 nitrogen and oxygen atoms in total. The zero-order chi connectivity index (χ0) is 28.6. The molecular formula is C28H43N7O5. The van der Waals surface area contributed by atoms with Gasteiger partial charge in [-0.15, -0.1) is 0 Å². The van der Waals surface area contributed by atoms with Crippen molar-refractivity contribution in [1.82, 2.24) is 20.3 Å². The molecular weight excluding hydrogens is 514 g/mol. The molecule has 0 radical (unpaired) electrons. The number of carboxylic acids is 1. The third kappa shape index (κ3) is 10.9. The molecule has 1 saturated carbocycles. The Bertz CT molecular complexity index is 1040. The number of carboxylic acid groups (broad SMARTS) is 1. The van der Waals surface area contributed by atoms with Crippen LogP contribution in [0.4, 0.5) is 17.8 Å². The van der Waals surface area contributed by atoms with Gasteiger partial charge in [-0.3, -0.25) is 4.79 Å². The molecule has 0 unspecified atom stereocenters. The number of aliphatic carboxylic acids is 1. The highest BCUT2D eigenvalue weighted by atomic mass is 16.5. The molecule has 1 aromatic heterocycles. The minimum Gasteiger partial charge on any atom is -0.480 e. The zero-order valence-electron chi connectivity index (χ0n) is 23.5. The second-order valence-corrected chi connectivity index (χ2v) is 9.90. The number of hydrogen-bond donors (Lipinski definition) is 5. The Labute approximate surface area is 236 Å². The van der Waals surface area contributed by atoms with E-state index < -0.39 is 12.0 Å². The number of aromatic nitrogens is 3. The van der Waals surface area contributed by atoms with Crippen LogP contribution in [0.1, 0.15) is 62.7 Å². The second kappa shape index (κ2) is 17.2. The first kappa shape index (κ1) is 31.0. The van der Waals surface area contributed by atoms with Gasteiger partial charge >= 0.3 is 5.97 Å². The minimum atomic E-state index is -0.944. The number of hydrogen-bond acceptors (Lipinski definition) is 10. The van der Waals surface area contributed by atoms with Crippen molar-refractivity contribution in [1.29, 1.82) is 0 Å².